The predicted molar refractivity (Wildman–Crippen MR) is 139 cm³/mol. The first-order valence-corrected chi connectivity index (χ1v) is 12.1. The van der Waals surface area contributed by atoms with Crippen molar-refractivity contribution in [2.45, 2.75) is 31.7 Å². The average molecular weight is 529 g/mol. The number of hydrogen-bond donors (Lipinski definition) is 2. The molecule has 200 valence electrons. The van der Waals surface area contributed by atoms with E-state index < -0.39 is 29.9 Å². The third kappa shape index (κ3) is 6.34. The summed E-state index contributed by atoms with van der Waals surface area (Å²) < 4.78 is 55.7. The number of anilines is 1. The number of alkyl halides is 4. The van der Waals surface area contributed by atoms with E-state index in [1.165, 1.54) is 24.5 Å². The van der Waals surface area contributed by atoms with Crippen LogP contribution in [0.2, 0.25) is 0 Å². The van der Waals surface area contributed by atoms with E-state index in [1.54, 1.807) is 31.2 Å². The normalized spacial score (nSPS) is 18.6. The van der Waals surface area contributed by atoms with E-state index in [-0.39, 0.29) is 35.7 Å². The lowest BCUT2D eigenvalue weighted by Crippen LogP contribution is -2.46. The quantitative estimate of drug-likeness (QED) is 0.429. The summed E-state index contributed by atoms with van der Waals surface area (Å²) in [6.45, 7) is 6.09. The fraction of sp³-hybridized carbons (Fsp3) is 0.333. The van der Waals surface area contributed by atoms with Crippen molar-refractivity contribution in [3.8, 4) is 0 Å². The molecule has 1 aliphatic heterocycles. The standard InChI is InChI=1S/C27H28F4N6O/c1-16-13-33-25(34-14-16)26(38)32-10-5-6-18-12-20-19(24(35-18)17(2)27(29,30)31)7-4-8-22(20)36-23-9-11-37(3)15-21(23)28/h4-8,12-14,21,23,36H,2,9-11,15H2,1,3H3,(H,32,38)/b6-5+/t21-,23+/m0/s1. The first-order valence-electron chi connectivity index (χ1n) is 12.1. The van der Waals surface area contributed by atoms with Crippen LogP contribution in [0.15, 0.2) is 49.3 Å². The van der Waals surface area contributed by atoms with E-state index in [0.717, 1.165) is 5.56 Å². The van der Waals surface area contributed by atoms with E-state index in [1.807, 2.05) is 11.9 Å². The number of carbonyl (C=O) groups excluding carboxylic acids is 1. The molecule has 1 aliphatic rings. The summed E-state index contributed by atoms with van der Waals surface area (Å²) in [5.41, 5.74) is 0.163. The summed E-state index contributed by atoms with van der Waals surface area (Å²) in [4.78, 5) is 26.2. The second-order valence-corrected chi connectivity index (χ2v) is 9.29. The number of hydrogen-bond acceptors (Lipinski definition) is 6. The summed E-state index contributed by atoms with van der Waals surface area (Å²) in [5, 5.41) is 6.54. The highest BCUT2D eigenvalue weighted by Gasteiger charge is 2.35. The van der Waals surface area contributed by atoms with Crippen molar-refractivity contribution in [2.24, 2.45) is 0 Å². The maximum atomic E-state index is 14.7. The van der Waals surface area contributed by atoms with Crippen LogP contribution in [-0.4, -0.2) is 70.8 Å². The smallest absolute Gasteiger partial charge is 0.379 e. The number of carbonyl (C=O) groups is 1. The molecule has 0 saturated carbocycles. The molecule has 0 bridgehead atoms. The molecule has 0 spiro atoms. The Morgan fingerprint density at radius 2 is 1.97 bits per heavy atom. The SMILES string of the molecule is C=C(c1nc(/C=C/CNC(=O)c2ncc(C)cn2)cc2c(N[C@@H]3CCN(C)C[C@@H]3F)cccc12)C(F)(F)F. The largest absolute Gasteiger partial charge is 0.417 e. The van der Waals surface area contributed by atoms with Crippen molar-refractivity contribution in [1.82, 2.24) is 25.2 Å². The summed E-state index contributed by atoms with van der Waals surface area (Å²) in [6.07, 6.45) is 0.848. The Morgan fingerprint density at radius 3 is 2.66 bits per heavy atom. The van der Waals surface area contributed by atoms with Crippen molar-refractivity contribution in [2.75, 3.05) is 32.0 Å². The van der Waals surface area contributed by atoms with E-state index in [9.17, 15) is 22.4 Å². The number of amides is 1. The number of aryl methyl sites for hydroxylation is 1. The zero-order valence-electron chi connectivity index (χ0n) is 21.0. The number of nitrogens with one attached hydrogen (secondary N) is 2. The van der Waals surface area contributed by atoms with Gasteiger partial charge in [-0.3, -0.25) is 4.79 Å². The maximum Gasteiger partial charge on any atom is 0.417 e. The van der Waals surface area contributed by atoms with Crippen LogP contribution in [0.1, 0.15) is 34.0 Å². The molecule has 38 heavy (non-hydrogen) atoms. The fourth-order valence-corrected chi connectivity index (χ4v) is 4.21. The first-order chi connectivity index (χ1) is 18.0. The third-order valence-corrected chi connectivity index (χ3v) is 6.26. The third-order valence-electron chi connectivity index (χ3n) is 6.26. The van der Waals surface area contributed by atoms with E-state index in [0.29, 0.717) is 24.0 Å². The predicted octanol–water partition coefficient (Wildman–Crippen LogP) is 4.81. The zero-order chi connectivity index (χ0) is 27.4. The molecule has 2 N–H and O–H groups in total. The van der Waals surface area contributed by atoms with Gasteiger partial charge in [-0.1, -0.05) is 24.8 Å². The lowest BCUT2D eigenvalue weighted by atomic mass is 9.99. The Kier molecular flexibility index (Phi) is 8.05. The minimum absolute atomic E-state index is 0.00684. The number of rotatable bonds is 7. The van der Waals surface area contributed by atoms with Gasteiger partial charge < -0.3 is 15.5 Å². The van der Waals surface area contributed by atoms with Crippen molar-refractivity contribution >= 4 is 34.0 Å². The number of likely N-dealkylation sites (tertiary alicyclic amines) is 1. The van der Waals surface area contributed by atoms with Gasteiger partial charge in [-0.25, -0.2) is 19.3 Å². The monoisotopic (exact) mass is 528 g/mol. The Labute approximate surface area is 217 Å². The Morgan fingerprint density at radius 1 is 1.24 bits per heavy atom. The van der Waals surface area contributed by atoms with Crippen LogP contribution in [0.4, 0.5) is 23.2 Å². The molecule has 2 aromatic heterocycles. The molecule has 3 heterocycles. The highest BCUT2D eigenvalue weighted by molar-refractivity contribution is 6.01. The van der Waals surface area contributed by atoms with E-state index >= 15 is 0 Å². The highest BCUT2D eigenvalue weighted by Crippen LogP contribution is 2.37. The number of benzene rings is 1. The molecule has 1 fully saturated rings. The number of aromatic nitrogens is 3. The zero-order valence-corrected chi connectivity index (χ0v) is 21.0. The second-order valence-electron chi connectivity index (χ2n) is 9.29. The van der Waals surface area contributed by atoms with Crippen LogP contribution < -0.4 is 10.6 Å². The molecule has 7 nitrogen and oxygen atoms in total. The number of halogens is 4. The van der Waals surface area contributed by atoms with Crippen LogP contribution >= 0.6 is 0 Å². The number of allylic oxidation sites excluding steroid dienone is 1. The number of piperidine rings is 1. The van der Waals surface area contributed by atoms with Crippen LogP contribution in [-0.2, 0) is 0 Å². The minimum atomic E-state index is -4.69. The molecule has 1 amide bonds. The number of fused-ring (bicyclic) bond motifs is 1. The summed E-state index contributed by atoms with van der Waals surface area (Å²) in [5.74, 6) is -0.481. The lowest BCUT2D eigenvalue weighted by Gasteiger charge is -2.33. The maximum absolute atomic E-state index is 14.7. The second kappa shape index (κ2) is 11.3. The van der Waals surface area contributed by atoms with Crippen LogP contribution in [0.5, 0.6) is 0 Å². The minimum Gasteiger partial charge on any atom is -0.379 e. The van der Waals surface area contributed by atoms with E-state index in [4.69, 9.17) is 0 Å². The molecule has 3 aromatic rings. The molecule has 0 unspecified atom stereocenters. The van der Waals surface area contributed by atoms with Gasteiger partial charge in [0.25, 0.3) is 5.91 Å². The van der Waals surface area contributed by atoms with Crippen LogP contribution in [0.3, 0.4) is 0 Å². The molecule has 11 heteroatoms. The molecule has 1 saturated heterocycles. The van der Waals surface area contributed by atoms with Gasteiger partial charge in [-0.05, 0) is 44.2 Å². The molecule has 0 radical (unpaired) electrons. The Balaban J connectivity index is 1.62. The van der Waals surface area contributed by atoms with E-state index in [2.05, 4.69) is 32.2 Å². The summed E-state index contributed by atoms with van der Waals surface area (Å²) >= 11 is 0. The molecular weight excluding hydrogens is 500 g/mol. The van der Waals surface area contributed by atoms with Crippen molar-refractivity contribution in [1.29, 1.82) is 0 Å². The molecule has 2 atom stereocenters. The fourth-order valence-electron chi connectivity index (χ4n) is 4.21. The van der Waals surface area contributed by atoms with Gasteiger partial charge in [-0.2, -0.15) is 13.2 Å². The Bertz CT molecular complexity index is 1360. The summed E-state index contributed by atoms with van der Waals surface area (Å²) in [6, 6.07) is 6.02. The topological polar surface area (TPSA) is 83.0 Å². The average Bonchev–Trinajstić information content (AvgIpc) is 2.87. The van der Waals surface area contributed by atoms with Crippen LogP contribution in [0, 0.1) is 6.92 Å². The molecule has 0 aliphatic carbocycles. The van der Waals surface area contributed by atoms with Gasteiger partial charge in [-0.15, -0.1) is 0 Å². The van der Waals surface area contributed by atoms with Gasteiger partial charge in [0.15, 0.2) is 0 Å². The lowest BCUT2D eigenvalue weighted by molar-refractivity contribution is -0.0688. The van der Waals surface area contributed by atoms with Gasteiger partial charge in [0.2, 0.25) is 5.82 Å². The van der Waals surface area contributed by atoms with Crippen molar-refractivity contribution in [3.05, 3.63) is 72.1 Å². The number of pyridine rings is 1. The molecule has 4 rings (SSSR count). The van der Waals surface area contributed by atoms with Gasteiger partial charge in [0, 0.05) is 48.5 Å². The molecular formula is C27H28F4N6O. The van der Waals surface area contributed by atoms with Crippen molar-refractivity contribution in [3.63, 3.8) is 0 Å². The van der Waals surface area contributed by atoms with Crippen LogP contribution in [0.25, 0.3) is 22.4 Å². The van der Waals surface area contributed by atoms with Gasteiger partial charge >= 0.3 is 6.18 Å². The van der Waals surface area contributed by atoms with Gasteiger partial charge in [0.05, 0.1) is 23.0 Å². The Hall–Kier alpha value is -3.86. The highest BCUT2D eigenvalue weighted by atomic mass is 19.4. The molecule has 1 aromatic carbocycles. The number of nitrogens with zero attached hydrogens (tertiary/aromatic N) is 4. The summed E-state index contributed by atoms with van der Waals surface area (Å²) in [7, 11) is 1.84. The first kappa shape index (κ1) is 27.2. The van der Waals surface area contributed by atoms with Crippen molar-refractivity contribution < 1.29 is 22.4 Å². The van der Waals surface area contributed by atoms with Gasteiger partial charge in [0.1, 0.15) is 6.17 Å².